The van der Waals surface area contributed by atoms with E-state index >= 15 is 0 Å². The summed E-state index contributed by atoms with van der Waals surface area (Å²) >= 11 is 0. The van der Waals surface area contributed by atoms with E-state index in [1.165, 1.54) is 17.7 Å². The van der Waals surface area contributed by atoms with Crippen molar-refractivity contribution >= 4 is 17.3 Å². The first-order valence-corrected chi connectivity index (χ1v) is 9.02. The summed E-state index contributed by atoms with van der Waals surface area (Å²) in [7, 11) is 2.11. The Labute approximate surface area is 154 Å². The maximum atomic E-state index is 12.9. The standard InChI is InChI=1S/C23H22N2O/c1-25-15-7-10-18-13-14-19(16-22(18)25)24-23(26)21-12-6-5-11-20(21)17-8-3-2-4-9-17/h2-6,8-9,11-14,16H,7,10,15H2,1H3,(H,24,26). The summed E-state index contributed by atoms with van der Waals surface area (Å²) in [5, 5.41) is 3.07. The minimum absolute atomic E-state index is 0.0807. The van der Waals surface area contributed by atoms with Crippen LogP contribution in [0.3, 0.4) is 0 Å². The molecule has 0 saturated carbocycles. The first-order chi connectivity index (χ1) is 12.7. The molecule has 130 valence electrons. The Morgan fingerprint density at radius 1 is 0.962 bits per heavy atom. The Morgan fingerprint density at radius 2 is 1.73 bits per heavy atom. The predicted molar refractivity (Wildman–Crippen MR) is 108 cm³/mol. The molecule has 3 nitrogen and oxygen atoms in total. The molecule has 3 aromatic carbocycles. The Balaban J connectivity index is 1.63. The molecule has 0 fully saturated rings. The van der Waals surface area contributed by atoms with Gasteiger partial charge in [0.2, 0.25) is 0 Å². The van der Waals surface area contributed by atoms with E-state index in [4.69, 9.17) is 0 Å². The first-order valence-electron chi connectivity index (χ1n) is 9.02. The van der Waals surface area contributed by atoms with E-state index in [0.29, 0.717) is 5.56 Å². The minimum Gasteiger partial charge on any atom is -0.374 e. The third-order valence-corrected chi connectivity index (χ3v) is 4.95. The highest BCUT2D eigenvalue weighted by molar-refractivity contribution is 6.08. The van der Waals surface area contributed by atoms with Gasteiger partial charge in [-0.3, -0.25) is 4.79 Å². The number of aryl methyl sites for hydroxylation is 1. The number of nitrogens with one attached hydrogen (secondary N) is 1. The number of carbonyl (C=O) groups excluding carboxylic acids is 1. The second kappa shape index (κ2) is 7.04. The average molecular weight is 342 g/mol. The third kappa shape index (κ3) is 3.21. The Morgan fingerprint density at radius 3 is 2.58 bits per heavy atom. The summed E-state index contributed by atoms with van der Waals surface area (Å²) in [5.41, 5.74) is 6.08. The van der Waals surface area contributed by atoms with Gasteiger partial charge in [-0.05, 0) is 47.7 Å². The molecule has 3 heteroatoms. The molecular formula is C23H22N2O. The lowest BCUT2D eigenvalue weighted by Gasteiger charge is -2.28. The van der Waals surface area contributed by atoms with Crippen molar-refractivity contribution in [3.63, 3.8) is 0 Å². The number of anilines is 2. The molecule has 1 N–H and O–H groups in total. The van der Waals surface area contributed by atoms with Crippen molar-refractivity contribution in [1.29, 1.82) is 0 Å². The van der Waals surface area contributed by atoms with Crippen molar-refractivity contribution in [3.05, 3.63) is 83.9 Å². The van der Waals surface area contributed by atoms with Crippen molar-refractivity contribution < 1.29 is 4.79 Å². The average Bonchev–Trinajstić information content (AvgIpc) is 2.69. The predicted octanol–water partition coefficient (Wildman–Crippen LogP) is 4.99. The van der Waals surface area contributed by atoms with Gasteiger partial charge in [-0.25, -0.2) is 0 Å². The Bertz CT molecular complexity index is 934. The number of benzene rings is 3. The van der Waals surface area contributed by atoms with Crippen molar-refractivity contribution in [1.82, 2.24) is 0 Å². The molecule has 0 atom stereocenters. The molecule has 0 unspecified atom stereocenters. The van der Waals surface area contributed by atoms with Gasteiger partial charge in [0.1, 0.15) is 0 Å². The van der Waals surface area contributed by atoms with Crippen LogP contribution in [0.5, 0.6) is 0 Å². The lowest BCUT2D eigenvalue weighted by Crippen LogP contribution is -2.25. The molecule has 0 saturated heterocycles. The van der Waals surface area contributed by atoms with Crippen LogP contribution in [0.2, 0.25) is 0 Å². The van der Waals surface area contributed by atoms with Gasteiger partial charge < -0.3 is 10.2 Å². The molecule has 1 aliphatic heterocycles. The normalized spacial score (nSPS) is 13.2. The van der Waals surface area contributed by atoms with Crippen LogP contribution < -0.4 is 10.2 Å². The lowest BCUT2D eigenvalue weighted by atomic mass is 9.99. The molecule has 0 bridgehead atoms. The van der Waals surface area contributed by atoms with Crippen LogP contribution >= 0.6 is 0 Å². The second-order valence-electron chi connectivity index (χ2n) is 6.73. The van der Waals surface area contributed by atoms with Crippen LogP contribution in [-0.4, -0.2) is 19.5 Å². The number of hydrogen-bond acceptors (Lipinski definition) is 2. The molecule has 3 aromatic rings. The fraction of sp³-hybridized carbons (Fsp3) is 0.174. The van der Waals surface area contributed by atoms with Gasteiger partial charge in [0, 0.05) is 30.5 Å². The fourth-order valence-electron chi connectivity index (χ4n) is 3.58. The van der Waals surface area contributed by atoms with Gasteiger partial charge in [-0.1, -0.05) is 54.6 Å². The largest absolute Gasteiger partial charge is 0.374 e. The van der Waals surface area contributed by atoms with Crippen molar-refractivity contribution in [2.75, 3.05) is 23.8 Å². The zero-order chi connectivity index (χ0) is 17.9. The van der Waals surface area contributed by atoms with E-state index in [1.54, 1.807) is 0 Å². The molecular weight excluding hydrogens is 320 g/mol. The number of nitrogens with zero attached hydrogens (tertiary/aromatic N) is 1. The van der Waals surface area contributed by atoms with Gasteiger partial charge in [-0.15, -0.1) is 0 Å². The van der Waals surface area contributed by atoms with Crippen LogP contribution in [0.1, 0.15) is 22.3 Å². The highest BCUT2D eigenvalue weighted by atomic mass is 16.1. The molecule has 26 heavy (non-hydrogen) atoms. The van der Waals surface area contributed by atoms with Crippen LogP contribution in [0, 0.1) is 0 Å². The third-order valence-electron chi connectivity index (χ3n) is 4.95. The van der Waals surface area contributed by atoms with E-state index in [2.05, 4.69) is 29.4 Å². The molecule has 1 heterocycles. The number of amides is 1. The summed E-state index contributed by atoms with van der Waals surface area (Å²) in [6.07, 6.45) is 2.28. The van der Waals surface area contributed by atoms with Gasteiger partial charge in [-0.2, -0.15) is 0 Å². The maximum absolute atomic E-state index is 12.9. The van der Waals surface area contributed by atoms with E-state index in [9.17, 15) is 4.79 Å². The van der Waals surface area contributed by atoms with E-state index in [1.807, 2.05) is 60.7 Å². The minimum atomic E-state index is -0.0807. The van der Waals surface area contributed by atoms with Crippen LogP contribution in [0.15, 0.2) is 72.8 Å². The summed E-state index contributed by atoms with van der Waals surface area (Å²) < 4.78 is 0. The van der Waals surface area contributed by atoms with Gasteiger partial charge in [0.15, 0.2) is 0 Å². The number of carbonyl (C=O) groups is 1. The fourth-order valence-corrected chi connectivity index (χ4v) is 3.58. The molecule has 1 aliphatic rings. The zero-order valence-electron chi connectivity index (χ0n) is 14.9. The highest BCUT2D eigenvalue weighted by Crippen LogP contribution is 2.30. The Kier molecular flexibility index (Phi) is 4.44. The quantitative estimate of drug-likeness (QED) is 0.727. The lowest BCUT2D eigenvalue weighted by molar-refractivity contribution is 0.102. The van der Waals surface area contributed by atoms with E-state index in [0.717, 1.165) is 29.8 Å². The second-order valence-corrected chi connectivity index (χ2v) is 6.73. The van der Waals surface area contributed by atoms with Gasteiger partial charge >= 0.3 is 0 Å². The topological polar surface area (TPSA) is 32.3 Å². The van der Waals surface area contributed by atoms with E-state index in [-0.39, 0.29) is 5.91 Å². The molecule has 0 aromatic heterocycles. The molecule has 1 amide bonds. The molecule has 4 rings (SSSR count). The highest BCUT2D eigenvalue weighted by Gasteiger charge is 2.16. The van der Waals surface area contributed by atoms with Crippen LogP contribution in [0.4, 0.5) is 11.4 Å². The van der Waals surface area contributed by atoms with Crippen molar-refractivity contribution in [2.45, 2.75) is 12.8 Å². The number of hydrogen-bond donors (Lipinski definition) is 1. The summed E-state index contributed by atoms with van der Waals surface area (Å²) in [5.74, 6) is -0.0807. The first kappa shape index (κ1) is 16.4. The summed E-state index contributed by atoms with van der Waals surface area (Å²) in [4.78, 5) is 15.2. The Hall–Kier alpha value is -3.07. The molecule has 0 radical (unpaired) electrons. The maximum Gasteiger partial charge on any atom is 0.256 e. The van der Waals surface area contributed by atoms with E-state index < -0.39 is 0 Å². The zero-order valence-corrected chi connectivity index (χ0v) is 14.9. The van der Waals surface area contributed by atoms with Gasteiger partial charge in [0.25, 0.3) is 5.91 Å². The van der Waals surface area contributed by atoms with Crippen molar-refractivity contribution in [2.24, 2.45) is 0 Å². The van der Waals surface area contributed by atoms with Crippen molar-refractivity contribution in [3.8, 4) is 11.1 Å². The summed E-state index contributed by atoms with van der Waals surface area (Å²) in [6.45, 7) is 1.06. The molecule has 0 aliphatic carbocycles. The SMILES string of the molecule is CN1CCCc2ccc(NC(=O)c3ccccc3-c3ccccc3)cc21. The molecule has 0 spiro atoms. The smallest absolute Gasteiger partial charge is 0.256 e. The number of rotatable bonds is 3. The monoisotopic (exact) mass is 342 g/mol. The van der Waals surface area contributed by atoms with Gasteiger partial charge in [0.05, 0.1) is 0 Å². The number of fused-ring (bicyclic) bond motifs is 1. The van der Waals surface area contributed by atoms with Crippen LogP contribution in [-0.2, 0) is 6.42 Å². The van der Waals surface area contributed by atoms with Crippen LogP contribution in [0.25, 0.3) is 11.1 Å². The summed E-state index contributed by atoms with van der Waals surface area (Å²) in [6, 6.07) is 24.0.